The van der Waals surface area contributed by atoms with Crippen LogP contribution >= 0.6 is 35.7 Å². The molecule has 0 amide bonds. The Balaban J connectivity index is 0.00000261. The first kappa shape index (κ1) is 21.2. The number of halogens is 1. The first-order valence-corrected chi connectivity index (χ1v) is 9.39. The molecule has 0 saturated heterocycles. The zero-order valence-electron chi connectivity index (χ0n) is 15.1. The number of hydrogen-bond acceptors (Lipinski definition) is 4. The molecular weight excluding hydrogens is 471 g/mol. The summed E-state index contributed by atoms with van der Waals surface area (Å²) in [4.78, 5) is 14.0. The molecule has 0 unspecified atom stereocenters. The quantitative estimate of drug-likeness (QED) is 0.174. The molecule has 2 N–H and O–H groups in total. The Bertz CT molecular complexity index is 806. The third kappa shape index (κ3) is 6.87. The van der Waals surface area contributed by atoms with E-state index in [-0.39, 0.29) is 24.0 Å². The van der Waals surface area contributed by atoms with Gasteiger partial charge in [0.05, 0.1) is 0 Å². The molecule has 3 aromatic rings. The maximum Gasteiger partial charge on any atom is 0.191 e. The van der Waals surface area contributed by atoms with Gasteiger partial charge < -0.3 is 10.6 Å². The van der Waals surface area contributed by atoms with Gasteiger partial charge in [-0.15, -0.1) is 35.7 Å². The molecule has 0 aliphatic carbocycles. The number of aliphatic imine (C=N–C) groups is 1. The molecular formula is C19H23IN6S. The predicted molar refractivity (Wildman–Crippen MR) is 122 cm³/mol. The van der Waals surface area contributed by atoms with Gasteiger partial charge >= 0.3 is 0 Å². The minimum Gasteiger partial charge on any atom is -0.356 e. The highest BCUT2D eigenvalue weighted by atomic mass is 127. The molecule has 142 valence electrons. The van der Waals surface area contributed by atoms with Gasteiger partial charge in [0.2, 0.25) is 0 Å². The second-order valence-corrected chi connectivity index (χ2v) is 6.68. The van der Waals surface area contributed by atoms with Crippen LogP contribution in [0.1, 0.15) is 5.56 Å². The van der Waals surface area contributed by atoms with Crippen molar-refractivity contribution in [1.82, 2.24) is 25.2 Å². The summed E-state index contributed by atoms with van der Waals surface area (Å²) in [5.74, 6) is 2.62. The largest absolute Gasteiger partial charge is 0.356 e. The lowest BCUT2D eigenvalue weighted by Gasteiger charge is -2.12. The number of nitrogens with zero attached hydrogens (tertiary/aromatic N) is 4. The van der Waals surface area contributed by atoms with Crippen molar-refractivity contribution in [2.75, 3.05) is 19.3 Å². The van der Waals surface area contributed by atoms with E-state index in [9.17, 15) is 0 Å². The summed E-state index contributed by atoms with van der Waals surface area (Å²) in [7, 11) is 1.78. The van der Waals surface area contributed by atoms with Crippen LogP contribution in [0.4, 0.5) is 0 Å². The van der Waals surface area contributed by atoms with Gasteiger partial charge in [0, 0.05) is 49.4 Å². The molecule has 0 bridgehead atoms. The van der Waals surface area contributed by atoms with Crippen LogP contribution in [0, 0.1) is 0 Å². The van der Waals surface area contributed by atoms with Gasteiger partial charge in [0.1, 0.15) is 12.1 Å². The fraction of sp³-hybridized carbons (Fsp3) is 0.211. The van der Waals surface area contributed by atoms with E-state index in [0.717, 1.165) is 29.6 Å². The van der Waals surface area contributed by atoms with Crippen LogP contribution in [-0.2, 0) is 6.54 Å². The highest BCUT2D eigenvalue weighted by Gasteiger charge is 2.01. The summed E-state index contributed by atoms with van der Waals surface area (Å²) in [6.07, 6.45) is 7.21. The molecule has 0 saturated carbocycles. The number of thioether (sulfide) groups is 1. The van der Waals surface area contributed by atoms with Crippen LogP contribution in [0.25, 0.3) is 5.82 Å². The average molecular weight is 494 g/mol. The molecule has 2 aromatic heterocycles. The number of pyridine rings is 1. The minimum atomic E-state index is 0. The zero-order valence-corrected chi connectivity index (χ0v) is 18.2. The van der Waals surface area contributed by atoms with Gasteiger partial charge in [-0.3, -0.25) is 9.56 Å². The van der Waals surface area contributed by atoms with Crippen molar-refractivity contribution in [2.45, 2.75) is 11.4 Å². The van der Waals surface area contributed by atoms with Crippen molar-refractivity contribution < 1.29 is 0 Å². The summed E-state index contributed by atoms with van der Waals surface area (Å²) in [5.41, 5.74) is 1.09. The molecule has 0 aliphatic heterocycles. The second kappa shape index (κ2) is 11.6. The van der Waals surface area contributed by atoms with Crippen molar-refractivity contribution in [1.29, 1.82) is 0 Å². The summed E-state index contributed by atoms with van der Waals surface area (Å²) in [5, 5.41) is 6.64. The molecule has 27 heavy (non-hydrogen) atoms. The number of nitrogens with one attached hydrogen (secondary N) is 2. The first-order valence-electron chi connectivity index (χ1n) is 8.41. The topological polar surface area (TPSA) is 67.1 Å². The first-order chi connectivity index (χ1) is 12.8. The number of benzene rings is 1. The van der Waals surface area contributed by atoms with Gasteiger partial charge in [0.15, 0.2) is 5.96 Å². The maximum absolute atomic E-state index is 4.45. The van der Waals surface area contributed by atoms with E-state index in [0.29, 0.717) is 6.54 Å². The van der Waals surface area contributed by atoms with E-state index in [2.05, 4.69) is 49.9 Å². The zero-order chi connectivity index (χ0) is 18.0. The maximum atomic E-state index is 4.45. The second-order valence-electron chi connectivity index (χ2n) is 5.51. The third-order valence-corrected chi connectivity index (χ3v) is 4.68. The standard InChI is InChI=1S/C19H22N6S.HI/c1-20-19(22-10-12-26-17-5-3-2-4-6-17)24-14-16-7-8-18(23-13-16)25-11-9-21-15-25;/h2-9,11,13,15H,10,12,14H2,1H3,(H2,20,22,24);1H. The lowest BCUT2D eigenvalue weighted by molar-refractivity contribution is 0.827. The van der Waals surface area contributed by atoms with Gasteiger partial charge in [-0.2, -0.15) is 0 Å². The molecule has 3 rings (SSSR count). The van der Waals surface area contributed by atoms with E-state index in [4.69, 9.17) is 0 Å². The predicted octanol–water partition coefficient (Wildman–Crippen LogP) is 3.34. The smallest absolute Gasteiger partial charge is 0.191 e. The molecule has 0 fully saturated rings. The lowest BCUT2D eigenvalue weighted by Crippen LogP contribution is -2.37. The minimum absolute atomic E-state index is 0. The normalized spacial score (nSPS) is 10.9. The van der Waals surface area contributed by atoms with Crippen LogP contribution in [0.15, 0.2) is 77.3 Å². The Labute approximate surface area is 180 Å². The van der Waals surface area contributed by atoms with Crippen molar-refractivity contribution >= 4 is 41.7 Å². The summed E-state index contributed by atoms with van der Waals surface area (Å²) >= 11 is 1.82. The van der Waals surface area contributed by atoms with Crippen molar-refractivity contribution in [3.05, 3.63) is 72.9 Å². The number of rotatable bonds is 7. The molecule has 6 nitrogen and oxygen atoms in total. The highest BCUT2D eigenvalue weighted by molar-refractivity contribution is 14.0. The van der Waals surface area contributed by atoms with E-state index in [1.165, 1.54) is 4.90 Å². The van der Waals surface area contributed by atoms with Crippen LogP contribution in [0.5, 0.6) is 0 Å². The SMILES string of the molecule is CN=C(NCCSc1ccccc1)NCc1ccc(-n2ccnc2)nc1.I. The number of guanidine groups is 1. The Morgan fingerprint density at radius 1 is 1.15 bits per heavy atom. The fourth-order valence-corrected chi connectivity index (χ4v) is 3.12. The van der Waals surface area contributed by atoms with Crippen molar-refractivity contribution in [3.8, 4) is 5.82 Å². The van der Waals surface area contributed by atoms with E-state index in [1.54, 1.807) is 19.6 Å². The Morgan fingerprint density at radius 3 is 2.67 bits per heavy atom. The van der Waals surface area contributed by atoms with Crippen molar-refractivity contribution in [2.24, 2.45) is 4.99 Å². The Kier molecular flexibility index (Phi) is 9.12. The number of imidazole rings is 1. The molecule has 0 atom stereocenters. The molecule has 0 aliphatic rings. The molecule has 1 aromatic carbocycles. The third-order valence-electron chi connectivity index (χ3n) is 3.67. The van der Waals surface area contributed by atoms with Gasteiger partial charge in [-0.1, -0.05) is 24.3 Å². The van der Waals surface area contributed by atoms with Crippen LogP contribution in [0.3, 0.4) is 0 Å². The Morgan fingerprint density at radius 2 is 2.00 bits per heavy atom. The fourth-order valence-electron chi connectivity index (χ4n) is 2.33. The van der Waals surface area contributed by atoms with Crippen LogP contribution < -0.4 is 10.6 Å². The molecule has 0 radical (unpaired) electrons. The molecule has 8 heteroatoms. The molecule has 2 heterocycles. The molecule has 0 spiro atoms. The van der Waals surface area contributed by atoms with E-state index in [1.807, 2.05) is 46.9 Å². The number of aromatic nitrogens is 3. The van der Waals surface area contributed by atoms with Crippen LogP contribution in [-0.4, -0.2) is 39.8 Å². The van der Waals surface area contributed by atoms with Gasteiger partial charge in [-0.05, 0) is 23.8 Å². The monoisotopic (exact) mass is 494 g/mol. The average Bonchev–Trinajstić information content (AvgIpc) is 3.23. The van der Waals surface area contributed by atoms with Crippen LogP contribution in [0.2, 0.25) is 0 Å². The van der Waals surface area contributed by atoms with Crippen molar-refractivity contribution in [3.63, 3.8) is 0 Å². The summed E-state index contributed by atoms with van der Waals surface area (Å²) in [6.45, 7) is 1.51. The van der Waals surface area contributed by atoms with E-state index < -0.39 is 0 Å². The lowest BCUT2D eigenvalue weighted by atomic mass is 10.3. The summed E-state index contributed by atoms with van der Waals surface area (Å²) < 4.78 is 1.88. The van der Waals surface area contributed by atoms with E-state index >= 15 is 0 Å². The summed E-state index contributed by atoms with van der Waals surface area (Å²) in [6, 6.07) is 14.4. The Hall–Kier alpha value is -2.07. The number of hydrogen-bond donors (Lipinski definition) is 2. The van der Waals surface area contributed by atoms with Gasteiger partial charge in [0.25, 0.3) is 0 Å². The van der Waals surface area contributed by atoms with Gasteiger partial charge in [-0.25, -0.2) is 9.97 Å². The highest BCUT2D eigenvalue weighted by Crippen LogP contribution is 2.15.